The molecular formula is C12H22S. The van der Waals surface area contributed by atoms with Crippen molar-refractivity contribution in [1.29, 1.82) is 0 Å². The minimum atomic E-state index is 0.537. The Labute approximate surface area is 86.9 Å². The van der Waals surface area contributed by atoms with Crippen LogP contribution in [0.2, 0.25) is 0 Å². The Bertz CT molecular complexity index is 221. The number of thioether (sulfide) groups is 1. The van der Waals surface area contributed by atoms with E-state index in [1.165, 1.54) is 12.8 Å². The van der Waals surface area contributed by atoms with E-state index < -0.39 is 0 Å². The van der Waals surface area contributed by atoms with Gasteiger partial charge in [-0.3, -0.25) is 0 Å². The van der Waals surface area contributed by atoms with Gasteiger partial charge in [0.2, 0.25) is 0 Å². The summed E-state index contributed by atoms with van der Waals surface area (Å²) in [5.41, 5.74) is 0.550. The number of rotatable bonds is 0. The van der Waals surface area contributed by atoms with E-state index in [9.17, 15) is 0 Å². The number of hydrogen-bond donors (Lipinski definition) is 0. The van der Waals surface area contributed by atoms with Crippen molar-refractivity contribution in [1.82, 2.24) is 0 Å². The Morgan fingerprint density at radius 1 is 1.08 bits per heavy atom. The summed E-state index contributed by atoms with van der Waals surface area (Å²) >= 11 is 2.25. The molecule has 0 N–H and O–H groups in total. The average molecular weight is 198 g/mol. The van der Waals surface area contributed by atoms with E-state index in [0.717, 1.165) is 17.1 Å². The van der Waals surface area contributed by atoms with Crippen LogP contribution in [0.3, 0.4) is 0 Å². The first-order valence-electron chi connectivity index (χ1n) is 5.57. The van der Waals surface area contributed by atoms with Crippen molar-refractivity contribution in [3.8, 4) is 0 Å². The molecule has 0 nitrogen and oxygen atoms in total. The molecule has 1 aliphatic carbocycles. The molecule has 1 saturated carbocycles. The van der Waals surface area contributed by atoms with Gasteiger partial charge in [0.1, 0.15) is 0 Å². The van der Waals surface area contributed by atoms with Crippen LogP contribution in [0.4, 0.5) is 0 Å². The third-order valence-electron chi connectivity index (χ3n) is 5.05. The maximum atomic E-state index is 2.50. The van der Waals surface area contributed by atoms with Gasteiger partial charge in [-0.15, -0.1) is 0 Å². The summed E-state index contributed by atoms with van der Waals surface area (Å²) in [5.74, 6) is 1.85. The third-order valence-corrected chi connectivity index (χ3v) is 7.17. The lowest BCUT2D eigenvalue weighted by Crippen LogP contribution is -2.47. The molecule has 0 radical (unpaired) electrons. The van der Waals surface area contributed by atoms with Crippen molar-refractivity contribution in [3.05, 3.63) is 0 Å². The Hall–Kier alpha value is 0.350. The topological polar surface area (TPSA) is 0 Å². The van der Waals surface area contributed by atoms with Crippen LogP contribution in [-0.2, 0) is 0 Å². The fourth-order valence-electron chi connectivity index (χ4n) is 3.63. The summed E-state index contributed by atoms with van der Waals surface area (Å²) < 4.78 is 0.537. The fourth-order valence-corrected chi connectivity index (χ4v) is 5.84. The summed E-state index contributed by atoms with van der Waals surface area (Å²) in [7, 11) is 0. The van der Waals surface area contributed by atoms with Crippen molar-refractivity contribution < 1.29 is 0 Å². The molecule has 0 aromatic carbocycles. The molecule has 0 amide bonds. The molecule has 2 fully saturated rings. The van der Waals surface area contributed by atoms with Gasteiger partial charge in [-0.25, -0.2) is 0 Å². The van der Waals surface area contributed by atoms with Gasteiger partial charge in [-0.2, -0.15) is 11.8 Å². The van der Waals surface area contributed by atoms with Crippen molar-refractivity contribution in [3.63, 3.8) is 0 Å². The highest BCUT2D eigenvalue weighted by Crippen LogP contribution is 2.66. The average Bonchev–Trinajstić information content (AvgIpc) is 2.13. The molecule has 0 aromatic rings. The summed E-state index contributed by atoms with van der Waals surface area (Å²) in [6, 6.07) is 0. The second-order valence-electron chi connectivity index (χ2n) is 5.74. The first kappa shape index (κ1) is 9.89. The van der Waals surface area contributed by atoms with E-state index in [1.807, 2.05) is 0 Å². The van der Waals surface area contributed by atoms with Gasteiger partial charge in [-0.1, -0.05) is 27.7 Å². The SMILES string of the molecule is C[C@@H]1S[C@]2(C)[C@@H](C)CC[C@H]1C2(C)C. The maximum Gasteiger partial charge on any atom is 0.0214 e. The Morgan fingerprint density at radius 3 is 2.23 bits per heavy atom. The zero-order valence-electron chi connectivity index (χ0n) is 9.55. The lowest BCUT2D eigenvalue weighted by atomic mass is 9.58. The van der Waals surface area contributed by atoms with Crippen molar-refractivity contribution in [2.45, 2.75) is 57.5 Å². The molecule has 2 aliphatic rings. The standard InChI is InChI=1S/C12H22S/c1-8-6-7-10-9(2)13-12(8,5)11(10,3)4/h8-10H,6-7H2,1-5H3/t8-,9-,10+,12+/m0/s1. The van der Waals surface area contributed by atoms with Gasteiger partial charge in [0.05, 0.1) is 0 Å². The van der Waals surface area contributed by atoms with Crippen LogP contribution in [0.5, 0.6) is 0 Å². The van der Waals surface area contributed by atoms with Crippen LogP contribution in [0.1, 0.15) is 47.5 Å². The molecule has 1 saturated heterocycles. The third kappa shape index (κ3) is 1.06. The van der Waals surface area contributed by atoms with Crippen LogP contribution in [-0.4, -0.2) is 10.00 Å². The van der Waals surface area contributed by atoms with Crippen molar-refractivity contribution in [2.24, 2.45) is 17.3 Å². The Balaban J connectivity index is 2.40. The number of fused-ring (bicyclic) bond motifs is 2. The zero-order valence-corrected chi connectivity index (χ0v) is 10.4. The fraction of sp³-hybridized carbons (Fsp3) is 1.00. The van der Waals surface area contributed by atoms with E-state index in [1.54, 1.807) is 0 Å². The van der Waals surface area contributed by atoms with Crippen molar-refractivity contribution >= 4 is 11.8 Å². The highest BCUT2D eigenvalue weighted by molar-refractivity contribution is 8.01. The van der Waals surface area contributed by atoms with Gasteiger partial charge in [0, 0.05) is 10.00 Å². The van der Waals surface area contributed by atoms with Crippen LogP contribution in [0.25, 0.3) is 0 Å². The minimum Gasteiger partial charge on any atom is -0.151 e. The van der Waals surface area contributed by atoms with Crippen LogP contribution < -0.4 is 0 Å². The van der Waals surface area contributed by atoms with Gasteiger partial charge < -0.3 is 0 Å². The van der Waals surface area contributed by atoms with Gasteiger partial charge in [-0.05, 0) is 37.0 Å². The predicted molar refractivity (Wildman–Crippen MR) is 61.1 cm³/mol. The summed E-state index contributed by atoms with van der Waals surface area (Å²) in [5, 5.41) is 0.880. The predicted octanol–water partition coefficient (Wildman–Crippen LogP) is 3.95. The molecule has 0 aromatic heterocycles. The van der Waals surface area contributed by atoms with E-state index in [0.29, 0.717) is 10.2 Å². The highest BCUT2D eigenvalue weighted by atomic mass is 32.2. The molecular weight excluding hydrogens is 176 g/mol. The molecule has 4 atom stereocenters. The van der Waals surface area contributed by atoms with Gasteiger partial charge >= 0.3 is 0 Å². The largest absolute Gasteiger partial charge is 0.151 e. The minimum absolute atomic E-state index is 0.537. The molecule has 13 heavy (non-hydrogen) atoms. The smallest absolute Gasteiger partial charge is 0.0214 e. The van der Waals surface area contributed by atoms with Gasteiger partial charge in [0.25, 0.3) is 0 Å². The molecule has 2 rings (SSSR count). The lowest BCUT2D eigenvalue weighted by molar-refractivity contribution is 0.0779. The quantitative estimate of drug-likeness (QED) is 0.568. The molecule has 76 valence electrons. The molecule has 0 unspecified atom stereocenters. The molecule has 1 heteroatoms. The first-order valence-corrected chi connectivity index (χ1v) is 6.45. The zero-order chi connectivity index (χ0) is 9.85. The normalized spacial score (nSPS) is 53.8. The second-order valence-corrected chi connectivity index (χ2v) is 7.56. The van der Waals surface area contributed by atoms with E-state index in [4.69, 9.17) is 0 Å². The monoisotopic (exact) mass is 198 g/mol. The van der Waals surface area contributed by atoms with E-state index in [2.05, 4.69) is 46.4 Å². The molecule has 2 bridgehead atoms. The summed E-state index contributed by atoms with van der Waals surface area (Å²) in [6.45, 7) is 12.4. The van der Waals surface area contributed by atoms with Gasteiger partial charge in [0.15, 0.2) is 0 Å². The highest BCUT2D eigenvalue weighted by Gasteiger charge is 2.59. The van der Waals surface area contributed by atoms with Crippen LogP contribution in [0.15, 0.2) is 0 Å². The summed E-state index contributed by atoms with van der Waals surface area (Å²) in [4.78, 5) is 0. The lowest BCUT2D eigenvalue weighted by Gasteiger charge is -2.49. The molecule has 1 aliphatic heterocycles. The van der Waals surface area contributed by atoms with Crippen molar-refractivity contribution in [2.75, 3.05) is 0 Å². The molecule has 1 heterocycles. The van der Waals surface area contributed by atoms with E-state index in [-0.39, 0.29) is 0 Å². The maximum absolute atomic E-state index is 2.50. The number of hydrogen-bond acceptors (Lipinski definition) is 1. The van der Waals surface area contributed by atoms with Crippen LogP contribution >= 0.6 is 11.8 Å². The first-order chi connectivity index (χ1) is 5.89. The Kier molecular flexibility index (Phi) is 2.04. The summed E-state index contributed by atoms with van der Waals surface area (Å²) in [6.07, 6.45) is 2.90. The second kappa shape index (κ2) is 2.68. The Morgan fingerprint density at radius 2 is 1.69 bits per heavy atom. The van der Waals surface area contributed by atoms with Crippen LogP contribution in [0, 0.1) is 17.3 Å². The van der Waals surface area contributed by atoms with E-state index >= 15 is 0 Å². The molecule has 0 spiro atoms.